The summed E-state index contributed by atoms with van der Waals surface area (Å²) < 4.78 is 0. The normalized spacial score (nSPS) is 22.2. The molecule has 92 valence electrons. The predicted octanol–water partition coefficient (Wildman–Crippen LogP) is 1.34. The number of nitrogens with one attached hydrogen (secondary N) is 2. The molecule has 0 saturated heterocycles. The third-order valence-electron chi connectivity index (χ3n) is 3.21. The lowest BCUT2D eigenvalue weighted by Gasteiger charge is -2.04. The maximum atomic E-state index is 11.5. The molecular weight excluding hydrogens is 212 g/mol. The summed E-state index contributed by atoms with van der Waals surface area (Å²) in [5, 5.41) is 6.06. The largest absolute Gasteiger partial charge is 0.353 e. The van der Waals surface area contributed by atoms with Gasteiger partial charge in [-0.25, -0.2) is 0 Å². The van der Waals surface area contributed by atoms with E-state index in [4.69, 9.17) is 0 Å². The SMILES string of the molecule is CNCCC(=O)NC1CC1Cc1ccccc1. The molecule has 0 aliphatic heterocycles. The second kappa shape index (κ2) is 5.82. The Morgan fingerprint density at radius 2 is 2.12 bits per heavy atom. The number of carbonyl (C=O) groups excluding carboxylic acids is 1. The fourth-order valence-corrected chi connectivity index (χ4v) is 2.08. The minimum Gasteiger partial charge on any atom is -0.353 e. The highest BCUT2D eigenvalue weighted by Crippen LogP contribution is 2.33. The molecule has 3 nitrogen and oxygen atoms in total. The fourth-order valence-electron chi connectivity index (χ4n) is 2.08. The van der Waals surface area contributed by atoms with Crippen molar-refractivity contribution in [1.29, 1.82) is 0 Å². The monoisotopic (exact) mass is 232 g/mol. The summed E-state index contributed by atoms with van der Waals surface area (Å²) in [5.74, 6) is 0.802. The lowest BCUT2D eigenvalue weighted by Crippen LogP contribution is -2.29. The standard InChI is InChI=1S/C14H20N2O/c1-15-8-7-14(17)16-13-10-12(13)9-11-5-3-2-4-6-11/h2-6,12-13,15H,7-10H2,1H3,(H,16,17). The van der Waals surface area contributed by atoms with Crippen LogP contribution in [0.1, 0.15) is 18.4 Å². The topological polar surface area (TPSA) is 41.1 Å². The van der Waals surface area contributed by atoms with Crippen LogP contribution in [0.4, 0.5) is 0 Å². The first kappa shape index (κ1) is 12.1. The number of amides is 1. The van der Waals surface area contributed by atoms with Crippen molar-refractivity contribution in [2.45, 2.75) is 25.3 Å². The molecule has 1 aromatic rings. The molecule has 2 unspecified atom stereocenters. The van der Waals surface area contributed by atoms with Crippen LogP contribution in [0.25, 0.3) is 0 Å². The first-order valence-electron chi connectivity index (χ1n) is 6.27. The Labute approximate surface area is 103 Å². The fraction of sp³-hybridized carbons (Fsp3) is 0.500. The number of benzene rings is 1. The van der Waals surface area contributed by atoms with Gasteiger partial charge in [0.15, 0.2) is 0 Å². The van der Waals surface area contributed by atoms with Crippen LogP contribution in [0, 0.1) is 5.92 Å². The molecule has 1 aromatic carbocycles. The van der Waals surface area contributed by atoms with Crippen molar-refractivity contribution >= 4 is 5.91 Å². The average Bonchev–Trinajstić information content (AvgIpc) is 3.06. The van der Waals surface area contributed by atoms with Crippen LogP contribution < -0.4 is 10.6 Å². The molecule has 0 aromatic heterocycles. The van der Waals surface area contributed by atoms with Crippen LogP contribution in [0.2, 0.25) is 0 Å². The van der Waals surface area contributed by atoms with E-state index in [-0.39, 0.29) is 5.91 Å². The van der Waals surface area contributed by atoms with E-state index < -0.39 is 0 Å². The summed E-state index contributed by atoms with van der Waals surface area (Å²) in [7, 11) is 1.86. The van der Waals surface area contributed by atoms with Crippen LogP contribution in [-0.4, -0.2) is 25.5 Å². The molecular formula is C14H20N2O. The molecule has 0 bridgehead atoms. The highest BCUT2D eigenvalue weighted by Gasteiger charge is 2.37. The van der Waals surface area contributed by atoms with E-state index >= 15 is 0 Å². The zero-order valence-electron chi connectivity index (χ0n) is 10.3. The maximum Gasteiger partial charge on any atom is 0.221 e. The van der Waals surface area contributed by atoms with Gasteiger partial charge in [-0.15, -0.1) is 0 Å². The highest BCUT2D eigenvalue weighted by molar-refractivity contribution is 5.76. The van der Waals surface area contributed by atoms with Crippen molar-refractivity contribution in [3.8, 4) is 0 Å². The van der Waals surface area contributed by atoms with Gasteiger partial charge in [0.25, 0.3) is 0 Å². The summed E-state index contributed by atoms with van der Waals surface area (Å²) in [6.45, 7) is 0.752. The second-order valence-corrected chi connectivity index (χ2v) is 4.71. The van der Waals surface area contributed by atoms with Gasteiger partial charge in [-0.3, -0.25) is 4.79 Å². The van der Waals surface area contributed by atoms with E-state index in [0.29, 0.717) is 18.4 Å². The molecule has 2 rings (SSSR count). The molecule has 0 radical (unpaired) electrons. The highest BCUT2D eigenvalue weighted by atomic mass is 16.1. The third kappa shape index (κ3) is 3.86. The van der Waals surface area contributed by atoms with Gasteiger partial charge in [-0.1, -0.05) is 30.3 Å². The molecule has 3 heteroatoms. The van der Waals surface area contributed by atoms with E-state index in [9.17, 15) is 4.79 Å². The molecule has 1 amide bonds. The molecule has 0 spiro atoms. The minimum absolute atomic E-state index is 0.167. The lowest BCUT2D eigenvalue weighted by molar-refractivity contribution is -0.121. The van der Waals surface area contributed by atoms with Gasteiger partial charge in [0.05, 0.1) is 0 Å². The Morgan fingerprint density at radius 1 is 1.35 bits per heavy atom. The first-order chi connectivity index (χ1) is 8.29. The smallest absolute Gasteiger partial charge is 0.221 e. The third-order valence-corrected chi connectivity index (χ3v) is 3.21. The number of rotatable bonds is 6. The summed E-state index contributed by atoms with van der Waals surface area (Å²) in [5.41, 5.74) is 1.37. The van der Waals surface area contributed by atoms with Crippen LogP contribution in [0.5, 0.6) is 0 Å². The Hall–Kier alpha value is -1.35. The molecule has 17 heavy (non-hydrogen) atoms. The van der Waals surface area contributed by atoms with E-state index in [0.717, 1.165) is 19.4 Å². The van der Waals surface area contributed by atoms with Crippen LogP contribution in [0.15, 0.2) is 30.3 Å². The molecule has 1 fully saturated rings. The van der Waals surface area contributed by atoms with E-state index in [1.54, 1.807) is 0 Å². The van der Waals surface area contributed by atoms with E-state index in [1.807, 2.05) is 13.1 Å². The van der Waals surface area contributed by atoms with Crippen molar-refractivity contribution < 1.29 is 4.79 Å². The zero-order valence-corrected chi connectivity index (χ0v) is 10.3. The summed E-state index contributed by atoms with van der Waals surface area (Å²) in [6, 6.07) is 10.9. The number of hydrogen-bond donors (Lipinski definition) is 2. The molecule has 2 atom stereocenters. The van der Waals surface area contributed by atoms with Gasteiger partial charge < -0.3 is 10.6 Å². The van der Waals surface area contributed by atoms with E-state index in [2.05, 4.69) is 34.9 Å². The Balaban J connectivity index is 1.69. The van der Waals surface area contributed by atoms with Crippen molar-refractivity contribution in [3.63, 3.8) is 0 Å². The van der Waals surface area contributed by atoms with Crippen molar-refractivity contribution in [1.82, 2.24) is 10.6 Å². The minimum atomic E-state index is 0.167. The summed E-state index contributed by atoms with van der Waals surface area (Å²) in [4.78, 5) is 11.5. The van der Waals surface area contributed by atoms with Gasteiger partial charge in [0.2, 0.25) is 5.91 Å². The second-order valence-electron chi connectivity index (χ2n) is 4.71. The van der Waals surface area contributed by atoms with Crippen LogP contribution in [-0.2, 0) is 11.2 Å². The molecule has 1 aliphatic rings. The summed E-state index contributed by atoms with van der Waals surface area (Å²) >= 11 is 0. The maximum absolute atomic E-state index is 11.5. The van der Waals surface area contributed by atoms with Crippen molar-refractivity contribution in [2.24, 2.45) is 5.92 Å². The van der Waals surface area contributed by atoms with Crippen molar-refractivity contribution in [2.75, 3.05) is 13.6 Å². The molecule has 1 aliphatic carbocycles. The summed E-state index contributed by atoms with van der Waals surface area (Å²) in [6.07, 6.45) is 2.78. The predicted molar refractivity (Wildman–Crippen MR) is 68.7 cm³/mol. The molecule has 1 saturated carbocycles. The Morgan fingerprint density at radius 3 is 2.82 bits per heavy atom. The number of hydrogen-bond acceptors (Lipinski definition) is 2. The van der Waals surface area contributed by atoms with Gasteiger partial charge in [0.1, 0.15) is 0 Å². The van der Waals surface area contributed by atoms with Gasteiger partial charge >= 0.3 is 0 Å². The average molecular weight is 232 g/mol. The quantitative estimate of drug-likeness (QED) is 0.777. The van der Waals surface area contributed by atoms with Crippen LogP contribution in [0.3, 0.4) is 0 Å². The van der Waals surface area contributed by atoms with E-state index in [1.165, 1.54) is 5.56 Å². The molecule has 2 N–H and O–H groups in total. The van der Waals surface area contributed by atoms with Crippen molar-refractivity contribution in [3.05, 3.63) is 35.9 Å². The Kier molecular flexibility index (Phi) is 4.15. The molecule has 0 heterocycles. The number of carbonyl (C=O) groups is 1. The van der Waals surface area contributed by atoms with Gasteiger partial charge in [-0.05, 0) is 31.4 Å². The first-order valence-corrected chi connectivity index (χ1v) is 6.27. The van der Waals surface area contributed by atoms with Gasteiger partial charge in [0, 0.05) is 19.0 Å². The lowest BCUT2D eigenvalue weighted by atomic mass is 10.1. The van der Waals surface area contributed by atoms with Gasteiger partial charge in [-0.2, -0.15) is 0 Å². The Bertz CT molecular complexity index is 364. The zero-order chi connectivity index (χ0) is 12.1. The van der Waals surface area contributed by atoms with Crippen LogP contribution >= 0.6 is 0 Å².